The molecule has 1 unspecified atom stereocenters. The van der Waals surface area contributed by atoms with Crippen LogP contribution in [0.5, 0.6) is 5.75 Å². The van der Waals surface area contributed by atoms with Crippen molar-refractivity contribution in [1.29, 1.82) is 0 Å². The zero-order valence-corrected chi connectivity index (χ0v) is 14.6. The number of quaternary nitrogens is 1. The Morgan fingerprint density at radius 1 is 1.16 bits per heavy atom. The molecular formula is C18H21ClN3O3+. The van der Waals surface area contributed by atoms with Gasteiger partial charge in [0.15, 0.2) is 6.04 Å². The summed E-state index contributed by atoms with van der Waals surface area (Å²) in [6, 6.07) is 14.9. The van der Waals surface area contributed by atoms with E-state index in [0.29, 0.717) is 23.9 Å². The van der Waals surface area contributed by atoms with Crippen molar-refractivity contribution in [3.05, 3.63) is 65.2 Å². The topological polar surface area (TPSA) is 85.9 Å². The number of carbonyl (C=O) groups is 2. The molecule has 2 rings (SSSR count). The predicted molar refractivity (Wildman–Crippen MR) is 95.6 cm³/mol. The van der Waals surface area contributed by atoms with Gasteiger partial charge in [-0.2, -0.15) is 0 Å². The molecule has 3 amide bonds. The highest BCUT2D eigenvalue weighted by atomic mass is 35.5. The van der Waals surface area contributed by atoms with Crippen LogP contribution in [0.1, 0.15) is 11.6 Å². The van der Waals surface area contributed by atoms with Crippen LogP contribution >= 0.6 is 11.6 Å². The molecule has 2 atom stereocenters. The van der Waals surface area contributed by atoms with Gasteiger partial charge in [0, 0.05) is 10.6 Å². The van der Waals surface area contributed by atoms with E-state index in [4.69, 9.17) is 22.1 Å². The van der Waals surface area contributed by atoms with E-state index in [1.807, 2.05) is 37.4 Å². The number of benzene rings is 2. The fourth-order valence-electron chi connectivity index (χ4n) is 2.50. The number of halogens is 1. The lowest BCUT2D eigenvalue weighted by atomic mass is 10.0. The summed E-state index contributed by atoms with van der Waals surface area (Å²) in [6.07, 6.45) is 0. The van der Waals surface area contributed by atoms with Crippen molar-refractivity contribution in [2.45, 2.75) is 6.04 Å². The number of carbonyl (C=O) groups excluding carboxylic acids is 2. The molecule has 132 valence electrons. The maximum absolute atomic E-state index is 12.4. The molecule has 0 aromatic heterocycles. The molecule has 0 saturated heterocycles. The van der Waals surface area contributed by atoms with E-state index in [-0.39, 0.29) is 0 Å². The number of rotatable bonds is 7. The van der Waals surface area contributed by atoms with Crippen LogP contribution in [0, 0.1) is 0 Å². The summed E-state index contributed by atoms with van der Waals surface area (Å²) >= 11 is 5.84. The molecule has 25 heavy (non-hydrogen) atoms. The Labute approximate surface area is 151 Å². The summed E-state index contributed by atoms with van der Waals surface area (Å²) in [5.74, 6) is 0.262. The van der Waals surface area contributed by atoms with Gasteiger partial charge < -0.3 is 15.4 Å². The molecule has 2 aromatic carbocycles. The third-order valence-electron chi connectivity index (χ3n) is 3.71. The summed E-state index contributed by atoms with van der Waals surface area (Å²) in [5, 5.41) is 2.80. The second-order valence-electron chi connectivity index (χ2n) is 5.60. The number of imide groups is 1. The molecule has 0 radical (unpaired) electrons. The van der Waals surface area contributed by atoms with Crippen molar-refractivity contribution in [3.8, 4) is 5.75 Å². The first kappa shape index (κ1) is 18.8. The summed E-state index contributed by atoms with van der Waals surface area (Å²) < 4.78 is 5.68. The van der Waals surface area contributed by atoms with Gasteiger partial charge in [-0.25, -0.2) is 4.79 Å². The Morgan fingerprint density at radius 2 is 1.80 bits per heavy atom. The average Bonchev–Trinajstić information content (AvgIpc) is 2.57. The highest BCUT2D eigenvalue weighted by molar-refractivity contribution is 6.30. The predicted octanol–water partition coefficient (Wildman–Crippen LogP) is 1.17. The number of amides is 3. The summed E-state index contributed by atoms with van der Waals surface area (Å²) in [7, 11) is 1.86. The molecule has 0 bridgehead atoms. The van der Waals surface area contributed by atoms with Crippen LogP contribution < -0.4 is 20.7 Å². The monoisotopic (exact) mass is 362 g/mol. The molecule has 0 fully saturated rings. The third kappa shape index (κ3) is 5.77. The molecule has 4 N–H and O–H groups in total. The van der Waals surface area contributed by atoms with Crippen LogP contribution in [0.2, 0.25) is 5.02 Å². The number of hydrogen-bond acceptors (Lipinski definition) is 3. The lowest BCUT2D eigenvalue weighted by Crippen LogP contribution is -3.11. The largest absolute Gasteiger partial charge is 0.488 e. The van der Waals surface area contributed by atoms with Gasteiger partial charge in [0.05, 0.1) is 7.05 Å². The zero-order valence-electron chi connectivity index (χ0n) is 13.9. The van der Waals surface area contributed by atoms with E-state index in [1.54, 1.807) is 24.3 Å². The van der Waals surface area contributed by atoms with Gasteiger partial charge in [-0.15, -0.1) is 0 Å². The number of likely N-dealkylation sites (N-methyl/N-ethyl adjacent to an activating group) is 1. The molecule has 6 nitrogen and oxygen atoms in total. The van der Waals surface area contributed by atoms with Crippen molar-refractivity contribution in [2.24, 2.45) is 5.73 Å². The Kier molecular flexibility index (Phi) is 6.80. The molecule has 2 aromatic rings. The number of nitrogens with two attached hydrogens (primary N) is 1. The minimum atomic E-state index is -0.865. The van der Waals surface area contributed by atoms with Gasteiger partial charge in [0.2, 0.25) is 0 Å². The van der Waals surface area contributed by atoms with Gasteiger partial charge in [0.1, 0.15) is 18.9 Å². The summed E-state index contributed by atoms with van der Waals surface area (Å²) in [6.45, 7) is 0.953. The minimum Gasteiger partial charge on any atom is -0.488 e. The molecule has 0 aliphatic carbocycles. The first-order chi connectivity index (χ1) is 12.0. The molecule has 0 spiro atoms. The van der Waals surface area contributed by atoms with Crippen LogP contribution in [0.3, 0.4) is 0 Å². The zero-order chi connectivity index (χ0) is 18.2. The maximum Gasteiger partial charge on any atom is 0.319 e. The van der Waals surface area contributed by atoms with Gasteiger partial charge >= 0.3 is 6.03 Å². The van der Waals surface area contributed by atoms with E-state index in [1.165, 1.54) is 0 Å². The molecule has 0 heterocycles. The van der Waals surface area contributed by atoms with Gasteiger partial charge in [0.25, 0.3) is 5.91 Å². The van der Waals surface area contributed by atoms with E-state index < -0.39 is 18.0 Å². The average molecular weight is 363 g/mol. The number of urea groups is 1. The second-order valence-corrected chi connectivity index (χ2v) is 6.03. The Hall–Kier alpha value is -2.57. The minimum absolute atomic E-state index is 0.403. The van der Waals surface area contributed by atoms with Crippen molar-refractivity contribution in [3.63, 3.8) is 0 Å². The first-order valence-corrected chi connectivity index (χ1v) is 8.21. The van der Waals surface area contributed by atoms with Crippen molar-refractivity contribution in [2.75, 3.05) is 20.2 Å². The SMILES string of the molecule is C[NH+](CCOc1ccc(Cl)cc1)[C@@H](C(=O)NC(N)=O)c1ccccc1. The van der Waals surface area contributed by atoms with Crippen molar-refractivity contribution < 1.29 is 19.2 Å². The van der Waals surface area contributed by atoms with Crippen LogP contribution in [-0.2, 0) is 4.79 Å². The standard InChI is InChI=1S/C18H20ClN3O3/c1-22(11-12-25-15-9-7-14(19)8-10-15)16(17(23)21-18(20)24)13-5-3-2-4-6-13/h2-10,16H,11-12H2,1H3,(H3,20,21,23,24)/p+1/t16-/m1/s1. The summed E-state index contributed by atoms with van der Waals surface area (Å²) in [4.78, 5) is 24.3. The quantitative estimate of drug-likeness (QED) is 0.691. The highest BCUT2D eigenvalue weighted by Gasteiger charge is 2.29. The normalized spacial score (nSPS) is 12.9. The molecule has 0 aliphatic heterocycles. The highest BCUT2D eigenvalue weighted by Crippen LogP contribution is 2.15. The second kappa shape index (κ2) is 9.05. The van der Waals surface area contributed by atoms with E-state index in [0.717, 1.165) is 10.5 Å². The van der Waals surface area contributed by atoms with Crippen molar-refractivity contribution in [1.82, 2.24) is 5.32 Å². The Balaban J connectivity index is 2.01. The molecule has 7 heteroatoms. The third-order valence-corrected chi connectivity index (χ3v) is 3.97. The fourth-order valence-corrected chi connectivity index (χ4v) is 2.63. The number of hydrogen-bond donors (Lipinski definition) is 3. The lowest BCUT2D eigenvalue weighted by Gasteiger charge is -2.24. The van der Waals surface area contributed by atoms with E-state index >= 15 is 0 Å². The smallest absolute Gasteiger partial charge is 0.319 e. The molecule has 0 aliphatic rings. The number of nitrogens with one attached hydrogen (secondary N) is 2. The Bertz CT molecular complexity index is 707. The number of ether oxygens (including phenoxy) is 1. The van der Waals surface area contributed by atoms with Crippen LogP contribution in [0.4, 0.5) is 4.79 Å². The summed E-state index contributed by atoms with van der Waals surface area (Å²) in [5.41, 5.74) is 5.88. The lowest BCUT2D eigenvalue weighted by molar-refractivity contribution is -0.902. The maximum atomic E-state index is 12.4. The van der Waals surface area contributed by atoms with Crippen LogP contribution in [-0.4, -0.2) is 32.1 Å². The van der Waals surface area contributed by atoms with Crippen LogP contribution in [0.15, 0.2) is 54.6 Å². The number of primary amides is 1. The molecule has 0 saturated carbocycles. The van der Waals surface area contributed by atoms with Crippen LogP contribution in [0.25, 0.3) is 0 Å². The van der Waals surface area contributed by atoms with Gasteiger partial charge in [-0.1, -0.05) is 41.9 Å². The molecular weight excluding hydrogens is 342 g/mol. The Morgan fingerprint density at radius 3 is 2.40 bits per heavy atom. The van der Waals surface area contributed by atoms with Gasteiger partial charge in [-0.3, -0.25) is 10.1 Å². The fraction of sp³-hybridized carbons (Fsp3) is 0.222. The van der Waals surface area contributed by atoms with Crippen molar-refractivity contribution >= 4 is 23.5 Å². The van der Waals surface area contributed by atoms with E-state index in [2.05, 4.69) is 5.32 Å². The van der Waals surface area contributed by atoms with Gasteiger partial charge in [-0.05, 0) is 24.3 Å². The van der Waals surface area contributed by atoms with E-state index in [9.17, 15) is 9.59 Å². The first-order valence-electron chi connectivity index (χ1n) is 7.83.